The molecule has 21 heavy (non-hydrogen) atoms. The van der Waals surface area contributed by atoms with E-state index < -0.39 is 0 Å². The van der Waals surface area contributed by atoms with Gasteiger partial charge in [-0.05, 0) is 56.0 Å². The largest absolute Gasteiger partial charge is 0.313 e. The predicted molar refractivity (Wildman–Crippen MR) is 89.4 cm³/mol. The van der Waals surface area contributed by atoms with E-state index in [1.54, 1.807) is 0 Å². The molecule has 3 nitrogen and oxygen atoms in total. The average molecular weight is 291 g/mol. The summed E-state index contributed by atoms with van der Waals surface area (Å²) in [7, 11) is 0. The van der Waals surface area contributed by atoms with Crippen LogP contribution in [0.3, 0.4) is 0 Å². The van der Waals surface area contributed by atoms with Gasteiger partial charge >= 0.3 is 0 Å². The van der Waals surface area contributed by atoms with Gasteiger partial charge in [0.05, 0.1) is 6.20 Å². The zero-order valence-corrected chi connectivity index (χ0v) is 14.4. The molecule has 0 aliphatic heterocycles. The van der Waals surface area contributed by atoms with Crippen molar-refractivity contribution in [3.63, 3.8) is 0 Å². The Morgan fingerprint density at radius 3 is 2.81 bits per heavy atom. The van der Waals surface area contributed by atoms with Gasteiger partial charge in [0.25, 0.3) is 0 Å². The molecule has 1 N–H and O–H groups in total. The van der Waals surface area contributed by atoms with Crippen LogP contribution in [-0.2, 0) is 13.0 Å². The smallest absolute Gasteiger partial charge is 0.0522 e. The normalized spacial score (nSPS) is 23.1. The predicted octanol–water partition coefficient (Wildman–Crippen LogP) is 4.03. The Morgan fingerprint density at radius 1 is 1.38 bits per heavy atom. The zero-order chi connectivity index (χ0) is 15.3. The molecule has 0 aromatic carbocycles. The van der Waals surface area contributed by atoms with E-state index in [-0.39, 0.29) is 0 Å². The van der Waals surface area contributed by atoms with Crippen molar-refractivity contribution in [1.82, 2.24) is 15.1 Å². The summed E-state index contributed by atoms with van der Waals surface area (Å²) >= 11 is 0. The summed E-state index contributed by atoms with van der Waals surface area (Å²) in [5.41, 5.74) is 1.84. The first-order valence-electron chi connectivity index (χ1n) is 8.81. The lowest BCUT2D eigenvalue weighted by Gasteiger charge is -2.43. The topological polar surface area (TPSA) is 29.9 Å². The Kier molecular flexibility index (Phi) is 5.86. The van der Waals surface area contributed by atoms with Crippen molar-refractivity contribution in [1.29, 1.82) is 0 Å². The standard InChI is InChI=1S/C18H33N3/c1-5-11-19-17(12-15-13-20-21(6-2)14-15)16-9-7-8-10-18(16,3)4/h13-14,16-17,19H,5-12H2,1-4H3. The van der Waals surface area contributed by atoms with Gasteiger partial charge in [-0.2, -0.15) is 5.10 Å². The van der Waals surface area contributed by atoms with E-state index in [0.29, 0.717) is 11.5 Å². The van der Waals surface area contributed by atoms with E-state index in [9.17, 15) is 0 Å². The SMILES string of the molecule is CCCNC(Cc1cnn(CC)c1)C1CCCCC1(C)C. The fraction of sp³-hybridized carbons (Fsp3) is 0.833. The molecule has 0 radical (unpaired) electrons. The molecule has 3 heteroatoms. The summed E-state index contributed by atoms with van der Waals surface area (Å²) in [6.07, 6.45) is 12.1. The molecule has 2 rings (SSSR count). The number of aromatic nitrogens is 2. The minimum Gasteiger partial charge on any atom is -0.313 e. The second kappa shape index (κ2) is 7.44. The van der Waals surface area contributed by atoms with Gasteiger partial charge < -0.3 is 5.32 Å². The lowest BCUT2D eigenvalue weighted by Crippen LogP contribution is -2.46. The molecule has 2 atom stereocenters. The molecule has 1 saturated carbocycles. The maximum Gasteiger partial charge on any atom is 0.0522 e. The number of nitrogens with zero attached hydrogens (tertiary/aromatic N) is 2. The molecule has 1 aliphatic carbocycles. The Morgan fingerprint density at radius 2 is 2.19 bits per heavy atom. The third-order valence-electron chi connectivity index (χ3n) is 5.20. The van der Waals surface area contributed by atoms with Gasteiger partial charge in [0.15, 0.2) is 0 Å². The molecule has 1 aromatic rings. The van der Waals surface area contributed by atoms with Gasteiger partial charge in [0, 0.05) is 18.8 Å². The van der Waals surface area contributed by atoms with Crippen molar-refractivity contribution in [3.8, 4) is 0 Å². The molecule has 0 saturated heterocycles. The van der Waals surface area contributed by atoms with Gasteiger partial charge in [-0.3, -0.25) is 4.68 Å². The highest BCUT2D eigenvalue weighted by atomic mass is 15.3. The minimum atomic E-state index is 0.463. The molecular formula is C18H33N3. The first-order chi connectivity index (χ1) is 10.1. The van der Waals surface area contributed by atoms with Gasteiger partial charge in [-0.1, -0.05) is 33.6 Å². The number of hydrogen-bond donors (Lipinski definition) is 1. The van der Waals surface area contributed by atoms with Crippen LogP contribution in [0.1, 0.15) is 65.4 Å². The molecule has 0 amide bonds. The van der Waals surface area contributed by atoms with Crippen molar-refractivity contribution in [2.24, 2.45) is 11.3 Å². The van der Waals surface area contributed by atoms with Crippen LogP contribution in [0, 0.1) is 11.3 Å². The Bertz CT molecular complexity index is 422. The fourth-order valence-corrected chi connectivity index (χ4v) is 3.89. The molecule has 0 bridgehead atoms. The fourth-order valence-electron chi connectivity index (χ4n) is 3.89. The summed E-state index contributed by atoms with van der Waals surface area (Å²) in [4.78, 5) is 0. The zero-order valence-electron chi connectivity index (χ0n) is 14.4. The summed E-state index contributed by atoms with van der Waals surface area (Å²) in [6.45, 7) is 11.4. The van der Waals surface area contributed by atoms with Gasteiger partial charge in [0.1, 0.15) is 0 Å². The molecule has 1 heterocycles. The van der Waals surface area contributed by atoms with Crippen molar-refractivity contribution >= 4 is 0 Å². The van der Waals surface area contributed by atoms with Crippen LogP contribution in [0.25, 0.3) is 0 Å². The van der Waals surface area contributed by atoms with E-state index in [1.165, 1.54) is 37.7 Å². The maximum absolute atomic E-state index is 4.44. The summed E-state index contributed by atoms with van der Waals surface area (Å²) in [5.74, 6) is 0.780. The van der Waals surface area contributed by atoms with Crippen LogP contribution >= 0.6 is 0 Å². The summed E-state index contributed by atoms with van der Waals surface area (Å²) in [5, 5.41) is 8.27. The van der Waals surface area contributed by atoms with Crippen LogP contribution in [0.5, 0.6) is 0 Å². The van der Waals surface area contributed by atoms with E-state index in [2.05, 4.69) is 50.5 Å². The Labute approximate surface area is 130 Å². The maximum atomic E-state index is 4.44. The van der Waals surface area contributed by atoms with Crippen LogP contribution in [0.15, 0.2) is 12.4 Å². The molecule has 1 aliphatic rings. The summed E-state index contributed by atoms with van der Waals surface area (Å²) in [6, 6.07) is 0.592. The monoisotopic (exact) mass is 291 g/mol. The van der Waals surface area contributed by atoms with Crippen LogP contribution in [0.4, 0.5) is 0 Å². The van der Waals surface area contributed by atoms with E-state index in [0.717, 1.165) is 25.4 Å². The van der Waals surface area contributed by atoms with Crippen molar-refractivity contribution < 1.29 is 0 Å². The molecular weight excluding hydrogens is 258 g/mol. The van der Waals surface area contributed by atoms with Gasteiger partial charge in [-0.15, -0.1) is 0 Å². The first kappa shape index (κ1) is 16.5. The van der Waals surface area contributed by atoms with Gasteiger partial charge in [-0.25, -0.2) is 0 Å². The Hall–Kier alpha value is -0.830. The van der Waals surface area contributed by atoms with Crippen molar-refractivity contribution in [3.05, 3.63) is 18.0 Å². The number of hydrogen-bond acceptors (Lipinski definition) is 2. The number of nitrogens with one attached hydrogen (secondary N) is 1. The molecule has 120 valence electrons. The third kappa shape index (κ3) is 4.32. The number of rotatable bonds is 7. The highest BCUT2D eigenvalue weighted by molar-refractivity contribution is 5.08. The highest BCUT2D eigenvalue weighted by Crippen LogP contribution is 2.42. The van der Waals surface area contributed by atoms with Crippen LogP contribution < -0.4 is 5.32 Å². The van der Waals surface area contributed by atoms with Crippen LogP contribution in [0.2, 0.25) is 0 Å². The van der Waals surface area contributed by atoms with E-state index in [4.69, 9.17) is 0 Å². The van der Waals surface area contributed by atoms with Gasteiger partial charge in [0.2, 0.25) is 0 Å². The minimum absolute atomic E-state index is 0.463. The van der Waals surface area contributed by atoms with E-state index in [1.807, 2.05) is 4.68 Å². The Balaban J connectivity index is 2.09. The average Bonchev–Trinajstić information content (AvgIpc) is 2.91. The third-order valence-corrected chi connectivity index (χ3v) is 5.20. The number of aryl methyl sites for hydroxylation is 1. The van der Waals surface area contributed by atoms with Crippen molar-refractivity contribution in [2.75, 3.05) is 6.54 Å². The quantitative estimate of drug-likeness (QED) is 0.822. The highest BCUT2D eigenvalue weighted by Gasteiger charge is 2.37. The molecule has 1 aromatic heterocycles. The molecule has 2 unspecified atom stereocenters. The summed E-state index contributed by atoms with van der Waals surface area (Å²) < 4.78 is 2.04. The lowest BCUT2D eigenvalue weighted by atomic mass is 9.65. The second-order valence-corrected chi connectivity index (χ2v) is 7.31. The second-order valence-electron chi connectivity index (χ2n) is 7.31. The molecule has 0 spiro atoms. The van der Waals surface area contributed by atoms with Crippen molar-refractivity contribution in [2.45, 2.75) is 78.8 Å². The van der Waals surface area contributed by atoms with E-state index >= 15 is 0 Å². The first-order valence-corrected chi connectivity index (χ1v) is 8.81. The van der Waals surface area contributed by atoms with Crippen LogP contribution in [-0.4, -0.2) is 22.4 Å². The molecule has 1 fully saturated rings. The lowest BCUT2D eigenvalue weighted by molar-refractivity contribution is 0.0981.